The molecule has 3 aliphatic rings. The molecule has 8 rings (SSSR count). The van der Waals surface area contributed by atoms with Crippen molar-refractivity contribution in [1.82, 2.24) is 40.4 Å². The molecule has 5 aromatic rings. The summed E-state index contributed by atoms with van der Waals surface area (Å²) in [7, 11) is -0.0815. The SMILES string of the molecule is COC(=O)N[C@H](C(=O)N1C[C@H]2C[Si](C)(C)C[C@@H]2C[C@H]1c1ncc(-c2ccc(-c3ccc4c(ccc5[nH]c(C6CC(F)(F)CN6C(=O)[C@@H](NC(C)=O)C(C)C)nc54)c3)cc2)[nH]1)C(C)C. The number of halogens is 2. The summed E-state index contributed by atoms with van der Waals surface area (Å²) < 4.78 is 34.8. The molecule has 0 radical (unpaired) electrons. The summed E-state index contributed by atoms with van der Waals surface area (Å²) in [4.78, 5) is 71.6. The maximum atomic E-state index is 15.0. The van der Waals surface area contributed by atoms with E-state index in [1.54, 1.807) is 13.8 Å². The monoisotopic (exact) mass is 880 g/mol. The van der Waals surface area contributed by atoms with Crippen LogP contribution in [0.1, 0.15) is 71.2 Å². The molecule has 334 valence electrons. The smallest absolute Gasteiger partial charge is 0.407 e. The van der Waals surface area contributed by atoms with E-state index in [0.717, 1.165) is 50.3 Å². The van der Waals surface area contributed by atoms with Crippen LogP contribution in [0.4, 0.5) is 13.6 Å². The number of amides is 4. The number of piperidine rings is 1. The molecule has 3 aliphatic heterocycles. The number of fused-ring (bicyclic) bond motifs is 4. The molecule has 5 heterocycles. The fraction of sp³-hybridized carbons (Fsp3) is 0.489. The highest BCUT2D eigenvalue weighted by Gasteiger charge is 2.51. The van der Waals surface area contributed by atoms with E-state index in [4.69, 9.17) is 14.7 Å². The first-order valence-corrected chi connectivity index (χ1v) is 25.4. The number of aromatic amines is 2. The Hall–Kier alpha value is -5.64. The molecule has 0 spiro atoms. The number of benzene rings is 3. The normalized spacial score (nSPS) is 22.7. The van der Waals surface area contributed by atoms with Crippen molar-refractivity contribution in [3.63, 3.8) is 0 Å². The van der Waals surface area contributed by atoms with E-state index < -0.39 is 63.0 Å². The van der Waals surface area contributed by atoms with Crippen LogP contribution in [0.5, 0.6) is 0 Å². The zero-order valence-electron chi connectivity index (χ0n) is 37.2. The van der Waals surface area contributed by atoms with Crippen LogP contribution in [0.25, 0.3) is 44.2 Å². The van der Waals surface area contributed by atoms with E-state index in [9.17, 15) is 28.0 Å². The number of nitrogens with zero attached hydrogens (tertiary/aromatic N) is 4. The predicted molar refractivity (Wildman–Crippen MR) is 240 cm³/mol. The molecule has 4 N–H and O–H groups in total. The fourth-order valence-corrected chi connectivity index (χ4v) is 14.3. The van der Waals surface area contributed by atoms with Gasteiger partial charge in [0.25, 0.3) is 5.92 Å². The van der Waals surface area contributed by atoms with E-state index in [1.165, 1.54) is 26.1 Å². The van der Waals surface area contributed by atoms with Crippen molar-refractivity contribution in [2.75, 3.05) is 20.2 Å². The van der Waals surface area contributed by atoms with Gasteiger partial charge < -0.3 is 35.1 Å². The molecule has 2 aromatic heterocycles. The van der Waals surface area contributed by atoms with Crippen LogP contribution >= 0.6 is 0 Å². The summed E-state index contributed by atoms with van der Waals surface area (Å²) in [6, 6.07) is 17.6. The number of carbonyl (C=O) groups excluding carboxylic acids is 4. The lowest BCUT2D eigenvalue weighted by Gasteiger charge is -2.43. The highest BCUT2D eigenvalue weighted by atomic mass is 28.3. The summed E-state index contributed by atoms with van der Waals surface area (Å²) in [5.41, 5.74) is 5.05. The number of likely N-dealkylation sites (tertiary alicyclic amines) is 2. The minimum atomic E-state index is -3.11. The Morgan fingerprint density at radius 1 is 0.825 bits per heavy atom. The number of methoxy groups -OCH3 is 1. The van der Waals surface area contributed by atoms with Crippen molar-refractivity contribution in [1.29, 1.82) is 0 Å². The maximum absolute atomic E-state index is 15.0. The van der Waals surface area contributed by atoms with Crippen molar-refractivity contribution in [2.45, 2.75) is 103 Å². The topological polar surface area (TPSA) is 165 Å². The van der Waals surface area contributed by atoms with Gasteiger partial charge in [0.1, 0.15) is 23.7 Å². The molecule has 0 saturated carbocycles. The minimum Gasteiger partial charge on any atom is -0.453 e. The van der Waals surface area contributed by atoms with E-state index in [0.29, 0.717) is 29.4 Å². The Bertz CT molecular complexity index is 2560. The third kappa shape index (κ3) is 8.83. The molecule has 3 aromatic carbocycles. The Balaban J connectivity index is 1.03. The van der Waals surface area contributed by atoms with Crippen LogP contribution in [-0.4, -0.2) is 99.8 Å². The van der Waals surface area contributed by atoms with Crippen molar-refractivity contribution in [2.24, 2.45) is 23.7 Å². The van der Waals surface area contributed by atoms with Gasteiger partial charge in [-0.2, -0.15) is 0 Å². The Morgan fingerprint density at radius 3 is 2.16 bits per heavy atom. The number of alkyl carbamates (subject to hydrolysis) is 1. The van der Waals surface area contributed by atoms with Crippen LogP contribution in [0.3, 0.4) is 0 Å². The van der Waals surface area contributed by atoms with Crippen LogP contribution in [0, 0.1) is 23.7 Å². The summed E-state index contributed by atoms with van der Waals surface area (Å²) in [5, 5.41) is 7.18. The average molecular weight is 881 g/mol. The lowest BCUT2D eigenvalue weighted by atomic mass is 9.83. The molecule has 0 bridgehead atoms. The van der Waals surface area contributed by atoms with E-state index in [-0.39, 0.29) is 29.6 Å². The first-order chi connectivity index (χ1) is 29.8. The number of carbonyl (C=O) groups is 4. The van der Waals surface area contributed by atoms with Gasteiger partial charge in [0, 0.05) is 33.3 Å². The molecule has 63 heavy (non-hydrogen) atoms. The average Bonchev–Trinajstić information content (AvgIpc) is 4.03. The number of imidazole rings is 2. The number of alkyl halides is 2. The number of hydrogen-bond donors (Lipinski definition) is 4. The molecule has 3 saturated heterocycles. The summed E-state index contributed by atoms with van der Waals surface area (Å²) in [6.45, 7) is 13.5. The standard InChI is InChI=1S/C47H58F2N8O5Si/c1-25(2)39(51-27(5)58)45(60)57-24-47(48,49)19-38(57)43-52-35-16-14-31-17-30(13-15-34(31)41(35)54-43)28-9-11-29(12-10-28)36-20-50-42(53-36)37-18-32-22-63(7,8)23-33(32)21-56(37)44(59)40(26(3)4)55-46(61)62-6/h9-17,20,25-26,32-33,37-40H,18-19,21-24H2,1-8H3,(H,50,53)(H,51,58)(H,52,54)(H,55,61)/t32-,33-,37-,38?,39-,40-/m0/s1. The molecule has 16 heteroatoms. The van der Waals surface area contributed by atoms with Crippen molar-refractivity contribution < 1.29 is 32.7 Å². The summed E-state index contributed by atoms with van der Waals surface area (Å²) >= 11 is 0. The van der Waals surface area contributed by atoms with Gasteiger partial charge in [0.05, 0.1) is 48.7 Å². The van der Waals surface area contributed by atoms with E-state index in [1.807, 2.05) is 61.3 Å². The van der Waals surface area contributed by atoms with Crippen LogP contribution < -0.4 is 10.6 Å². The van der Waals surface area contributed by atoms with Crippen molar-refractivity contribution in [3.8, 4) is 22.4 Å². The van der Waals surface area contributed by atoms with E-state index in [2.05, 4.69) is 51.9 Å². The second-order valence-corrected chi connectivity index (χ2v) is 24.6. The largest absolute Gasteiger partial charge is 0.453 e. The van der Waals surface area contributed by atoms with Gasteiger partial charge in [-0.3, -0.25) is 14.4 Å². The number of hydrogen-bond acceptors (Lipinski definition) is 7. The van der Waals surface area contributed by atoms with Gasteiger partial charge in [-0.15, -0.1) is 0 Å². The van der Waals surface area contributed by atoms with Gasteiger partial charge in [0.2, 0.25) is 17.7 Å². The quantitative estimate of drug-likeness (QED) is 0.102. The van der Waals surface area contributed by atoms with Gasteiger partial charge in [-0.1, -0.05) is 95.3 Å². The second kappa shape index (κ2) is 16.8. The van der Waals surface area contributed by atoms with Crippen molar-refractivity contribution >= 4 is 53.7 Å². The molecular weight excluding hydrogens is 823 g/mol. The first-order valence-electron chi connectivity index (χ1n) is 22.0. The van der Waals surface area contributed by atoms with Crippen LogP contribution in [0.2, 0.25) is 25.2 Å². The van der Waals surface area contributed by atoms with E-state index >= 15 is 0 Å². The van der Waals surface area contributed by atoms with Gasteiger partial charge in [-0.05, 0) is 64.3 Å². The fourth-order valence-electron chi connectivity index (χ4n) is 10.4. The van der Waals surface area contributed by atoms with Gasteiger partial charge >= 0.3 is 6.09 Å². The molecule has 13 nitrogen and oxygen atoms in total. The Morgan fingerprint density at radius 2 is 1.48 bits per heavy atom. The maximum Gasteiger partial charge on any atom is 0.407 e. The Kier molecular flexibility index (Phi) is 11.7. The summed E-state index contributed by atoms with van der Waals surface area (Å²) in [6.07, 6.45) is 1.45. The lowest BCUT2D eigenvalue weighted by Crippen LogP contribution is -2.55. The molecule has 3 fully saturated rings. The third-order valence-electron chi connectivity index (χ3n) is 13.4. The highest BCUT2D eigenvalue weighted by molar-refractivity contribution is 6.78. The first kappa shape index (κ1) is 44.0. The number of nitrogens with one attached hydrogen (secondary N) is 4. The van der Waals surface area contributed by atoms with Crippen LogP contribution in [0.15, 0.2) is 60.8 Å². The molecule has 1 unspecified atom stereocenters. The third-order valence-corrected chi connectivity index (χ3v) is 16.7. The van der Waals surface area contributed by atoms with Crippen LogP contribution in [-0.2, 0) is 19.1 Å². The zero-order valence-corrected chi connectivity index (χ0v) is 38.2. The predicted octanol–water partition coefficient (Wildman–Crippen LogP) is 8.45. The van der Waals surface area contributed by atoms with Gasteiger partial charge in [0.15, 0.2) is 0 Å². The number of ether oxygens (including phenoxy) is 1. The molecular formula is C47H58F2N8O5Si. The zero-order chi connectivity index (χ0) is 45.1. The number of rotatable bonds is 10. The van der Waals surface area contributed by atoms with Crippen molar-refractivity contribution in [3.05, 3.63) is 72.4 Å². The minimum absolute atomic E-state index is 0.118. The summed E-state index contributed by atoms with van der Waals surface area (Å²) in [5.74, 6) is -2.65. The molecule has 4 amide bonds. The lowest BCUT2D eigenvalue weighted by molar-refractivity contribution is -0.140. The second-order valence-electron chi connectivity index (χ2n) is 19.4. The van der Waals surface area contributed by atoms with Gasteiger partial charge in [-0.25, -0.2) is 23.5 Å². The molecule has 6 atom stereocenters. The number of aromatic nitrogens is 4. The molecule has 0 aliphatic carbocycles. The number of H-pyrrole nitrogens is 2. The Labute approximate surface area is 367 Å². The highest BCUT2D eigenvalue weighted by Crippen LogP contribution is 2.49.